The van der Waals surface area contributed by atoms with Gasteiger partial charge in [0.15, 0.2) is 0 Å². The highest BCUT2D eigenvalue weighted by Crippen LogP contribution is 2.30. The van der Waals surface area contributed by atoms with Crippen LogP contribution in [0, 0.1) is 10.1 Å². The van der Waals surface area contributed by atoms with Crippen molar-refractivity contribution in [1.82, 2.24) is 9.21 Å². The number of amides is 1. The van der Waals surface area contributed by atoms with Crippen LogP contribution in [0.4, 0.5) is 5.69 Å². The van der Waals surface area contributed by atoms with Crippen LogP contribution in [0.15, 0.2) is 35.2 Å². The molecule has 8 nitrogen and oxygen atoms in total. The molecule has 2 aliphatic rings. The number of benzene rings is 1. The predicted molar refractivity (Wildman–Crippen MR) is 109 cm³/mol. The Hall–Kier alpha value is -2.30. The molecule has 29 heavy (non-hydrogen) atoms. The van der Waals surface area contributed by atoms with Crippen molar-refractivity contribution in [2.45, 2.75) is 30.6 Å². The third-order valence-corrected chi connectivity index (χ3v) is 8.56. The molecule has 0 bridgehead atoms. The van der Waals surface area contributed by atoms with Crippen LogP contribution >= 0.6 is 11.3 Å². The zero-order valence-corrected chi connectivity index (χ0v) is 17.4. The molecule has 1 amide bonds. The van der Waals surface area contributed by atoms with Crippen molar-refractivity contribution in [2.24, 2.45) is 0 Å². The van der Waals surface area contributed by atoms with Gasteiger partial charge in [0, 0.05) is 43.2 Å². The van der Waals surface area contributed by atoms with E-state index in [0.29, 0.717) is 13.1 Å². The van der Waals surface area contributed by atoms with Gasteiger partial charge in [0.05, 0.1) is 14.7 Å². The third-order valence-electron chi connectivity index (χ3n) is 5.42. The largest absolute Gasteiger partial charge is 0.335 e. The summed E-state index contributed by atoms with van der Waals surface area (Å²) >= 11 is 1.57. The van der Waals surface area contributed by atoms with Crippen LogP contribution in [0.3, 0.4) is 0 Å². The van der Waals surface area contributed by atoms with Crippen molar-refractivity contribution >= 4 is 33.0 Å². The Balaban J connectivity index is 1.42. The zero-order valence-electron chi connectivity index (χ0n) is 15.7. The van der Waals surface area contributed by atoms with Crippen molar-refractivity contribution in [1.29, 1.82) is 0 Å². The van der Waals surface area contributed by atoms with Gasteiger partial charge in [-0.3, -0.25) is 14.9 Å². The Morgan fingerprint density at radius 2 is 1.69 bits per heavy atom. The molecule has 2 aromatic rings. The van der Waals surface area contributed by atoms with Gasteiger partial charge in [0.2, 0.25) is 10.0 Å². The number of hydrogen-bond acceptors (Lipinski definition) is 6. The lowest BCUT2D eigenvalue weighted by molar-refractivity contribution is -0.384. The molecule has 4 rings (SSSR count). The van der Waals surface area contributed by atoms with Crippen molar-refractivity contribution in [3.05, 3.63) is 55.8 Å². The molecule has 0 unspecified atom stereocenters. The van der Waals surface area contributed by atoms with Gasteiger partial charge in [0.1, 0.15) is 0 Å². The number of piperazine rings is 1. The fraction of sp³-hybridized carbons (Fsp3) is 0.421. The van der Waals surface area contributed by atoms with Crippen LogP contribution in [0.1, 0.15) is 33.0 Å². The van der Waals surface area contributed by atoms with Gasteiger partial charge in [-0.15, -0.1) is 11.3 Å². The van der Waals surface area contributed by atoms with Gasteiger partial charge in [-0.25, -0.2) is 8.42 Å². The second kappa shape index (κ2) is 7.85. The molecule has 0 spiro atoms. The van der Waals surface area contributed by atoms with Crippen molar-refractivity contribution in [3.8, 4) is 0 Å². The van der Waals surface area contributed by atoms with Gasteiger partial charge in [-0.05, 0) is 49.4 Å². The Bertz CT molecular complexity index is 1010. The lowest BCUT2D eigenvalue weighted by Crippen LogP contribution is -2.50. The number of sulfonamides is 1. The fourth-order valence-corrected chi connectivity index (χ4v) is 6.42. The summed E-state index contributed by atoms with van der Waals surface area (Å²) in [5, 5.41) is 10.8. The molecule has 1 aromatic heterocycles. The second-order valence-electron chi connectivity index (χ2n) is 7.21. The highest BCUT2D eigenvalue weighted by Gasteiger charge is 2.31. The number of nitrogens with zero attached hydrogens (tertiary/aromatic N) is 3. The lowest BCUT2D eigenvalue weighted by atomic mass is 9.99. The number of fused-ring (bicyclic) bond motifs is 1. The van der Waals surface area contributed by atoms with E-state index in [1.54, 1.807) is 16.2 Å². The Morgan fingerprint density at radius 1 is 1.03 bits per heavy atom. The van der Waals surface area contributed by atoms with Gasteiger partial charge in [-0.2, -0.15) is 4.31 Å². The number of hydrogen-bond donors (Lipinski definition) is 0. The van der Waals surface area contributed by atoms with E-state index < -0.39 is 14.9 Å². The average molecular weight is 436 g/mol. The van der Waals surface area contributed by atoms with Crippen LogP contribution < -0.4 is 0 Å². The van der Waals surface area contributed by atoms with Gasteiger partial charge in [0.25, 0.3) is 11.6 Å². The van der Waals surface area contributed by atoms with E-state index in [9.17, 15) is 23.3 Å². The van der Waals surface area contributed by atoms with Crippen molar-refractivity contribution in [2.75, 3.05) is 26.2 Å². The summed E-state index contributed by atoms with van der Waals surface area (Å²) in [6.45, 7) is 1.06. The first-order valence-corrected chi connectivity index (χ1v) is 11.8. The van der Waals surface area contributed by atoms with Crippen molar-refractivity contribution in [3.63, 3.8) is 0 Å². The van der Waals surface area contributed by atoms with Gasteiger partial charge >= 0.3 is 0 Å². The molecule has 2 heterocycles. The lowest BCUT2D eigenvalue weighted by Gasteiger charge is -2.33. The summed E-state index contributed by atoms with van der Waals surface area (Å²) in [5.74, 6) is -0.0308. The van der Waals surface area contributed by atoms with Crippen LogP contribution in [-0.4, -0.2) is 54.6 Å². The summed E-state index contributed by atoms with van der Waals surface area (Å²) in [5.41, 5.74) is 1.13. The van der Waals surface area contributed by atoms with Crippen molar-refractivity contribution < 1.29 is 18.1 Å². The monoisotopic (exact) mass is 435 g/mol. The molecule has 1 aliphatic heterocycles. The third kappa shape index (κ3) is 3.92. The number of aryl methyl sites for hydroxylation is 2. The molecule has 0 N–H and O–H groups in total. The summed E-state index contributed by atoms with van der Waals surface area (Å²) < 4.78 is 26.9. The summed E-state index contributed by atoms with van der Waals surface area (Å²) in [6, 6.07) is 6.88. The minimum absolute atomic E-state index is 0.0220. The first-order chi connectivity index (χ1) is 13.9. The van der Waals surface area contributed by atoms with E-state index in [4.69, 9.17) is 0 Å². The summed E-state index contributed by atoms with van der Waals surface area (Å²) in [7, 11) is -3.75. The standard InChI is InChI=1S/C19H21N3O5S2/c23-19(18-13-14-3-1-2-4-17(14)28-18)20-9-11-21(12-10-20)29(26,27)16-7-5-15(6-8-16)22(24)25/h5-8,13H,1-4,9-12H2. The highest BCUT2D eigenvalue weighted by atomic mass is 32.2. The van der Waals surface area contributed by atoms with E-state index >= 15 is 0 Å². The molecule has 0 saturated carbocycles. The molecule has 1 fully saturated rings. The summed E-state index contributed by atoms with van der Waals surface area (Å²) in [6.07, 6.45) is 4.39. The number of thiophene rings is 1. The molecule has 0 radical (unpaired) electrons. The summed E-state index contributed by atoms with van der Waals surface area (Å²) in [4.78, 5) is 26.8. The molecule has 1 saturated heterocycles. The van der Waals surface area contributed by atoms with Gasteiger partial charge in [-0.1, -0.05) is 0 Å². The zero-order chi connectivity index (χ0) is 20.6. The second-order valence-corrected chi connectivity index (χ2v) is 10.3. The molecular weight excluding hydrogens is 414 g/mol. The first-order valence-electron chi connectivity index (χ1n) is 9.52. The Morgan fingerprint density at radius 3 is 2.31 bits per heavy atom. The highest BCUT2D eigenvalue weighted by molar-refractivity contribution is 7.89. The van der Waals surface area contributed by atoms with E-state index in [1.165, 1.54) is 45.4 Å². The number of non-ortho nitro benzene ring substituents is 1. The van der Waals surface area contributed by atoms with Crippen LogP contribution in [0.25, 0.3) is 0 Å². The Kier molecular flexibility index (Phi) is 5.41. The minimum Gasteiger partial charge on any atom is -0.335 e. The molecule has 0 atom stereocenters. The molecular formula is C19H21N3O5S2. The smallest absolute Gasteiger partial charge is 0.269 e. The molecule has 10 heteroatoms. The van der Waals surface area contributed by atoms with E-state index in [0.717, 1.165) is 24.1 Å². The number of nitro benzene ring substituents is 1. The first kappa shape index (κ1) is 20.0. The molecule has 1 aliphatic carbocycles. The molecule has 154 valence electrons. The van der Waals surface area contributed by atoms with E-state index in [2.05, 4.69) is 0 Å². The SMILES string of the molecule is O=C(c1cc2c(s1)CCCC2)N1CCN(S(=O)(=O)c2ccc([N+](=O)[O-])cc2)CC1. The van der Waals surface area contributed by atoms with Crippen LogP contribution in [-0.2, 0) is 22.9 Å². The minimum atomic E-state index is -3.75. The number of carbonyl (C=O) groups excluding carboxylic acids is 1. The van der Waals surface area contributed by atoms with Crippen LogP contribution in [0.5, 0.6) is 0 Å². The average Bonchev–Trinajstić information content (AvgIpc) is 3.17. The maximum atomic E-state index is 12.8. The Labute approximate surface area is 172 Å². The predicted octanol–water partition coefficient (Wildman–Crippen LogP) is 2.68. The fourth-order valence-electron chi connectivity index (χ4n) is 3.77. The molecule has 1 aromatic carbocycles. The maximum absolute atomic E-state index is 12.8. The van der Waals surface area contributed by atoms with E-state index in [1.807, 2.05) is 6.07 Å². The van der Waals surface area contributed by atoms with Gasteiger partial charge < -0.3 is 4.90 Å². The number of carbonyl (C=O) groups is 1. The quantitative estimate of drug-likeness (QED) is 0.543. The van der Waals surface area contributed by atoms with Crippen LogP contribution in [0.2, 0.25) is 0 Å². The number of nitro groups is 1. The topological polar surface area (TPSA) is 101 Å². The normalized spacial score (nSPS) is 17.7. The maximum Gasteiger partial charge on any atom is 0.269 e. The number of rotatable bonds is 4. The van der Waals surface area contributed by atoms with E-state index in [-0.39, 0.29) is 29.6 Å².